The van der Waals surface area contributed by atoms with Crippen LogP contribution < -0.4 is 5.32 Å². The molecule has 0 aliphatic rings. The number of aromatic nitrogens is 1. The van der Waals surface area contributed by atoms with E-state index in [1.165, 1.54) is 12.3 Å². The van der Waals surface area contributed by atoms with E-state index in [1.54, 1.807) is 17.8 Å². The van der Waals surface area contributed by atoms with Crippen LogP contribution in [0.3, 0.4) is 0 Å². The van der Waals surface area contributed by atoms with Gasteiger partial charge in [0.1, 0.15) is 5.82 Å². The van der Waals surface area contributed by atoms with Crippen LogP contribution in [-0.4, -0.2) is 22.3 Å². The van der Waals surface area contributed by atoms with Crippen LogP contribution in [0.1, 0.15) is 10.4 Å². The molecule has 0 unspecified atom stereocenters. The Balaban J connectivity index is 2.21. The van der Waals surface area contributed by atoms with E-state index in [0.717, 1.165) is 10.6 Å². The zero-order valence-corrected chi connectivity index (χ0v) is 10.6. The minimum absolute atomic E-state index is 0.179. The molecule has 0 amide bonds. The maximum atomic E-state index is 10.7. The lowest BCUT2D eigenvalue weighted by molar-refractivity contribution is 0.0696. The third kappa shape index (κ3) is 2.81. The Hall–Kier alpha value is -2.01. The van der Waals surface area contributed by atoms with Crippen molar-refractivity contribution in [2.75, 3.05) is 11.6 Å². The fourth-order valence-electron chi connectivity index (χ4n) is 1.48. The molecule has 5 heteroatoms. The molecule has 92 valence electrons. The van der Waals surface area contributed by atoms with Gasteiger partial charge in [0, 0.05) is 11.1 Å². The van der Waals surface area contributed by atoms with Crippen LogP contribution in [0.2, 0.25) is 0 Å². The lowest BCUT2D eigenvalue weighted by Gasteiger charge is -2.09. The van der Waals surface area contributed by atoms with Crippen LogP contribution in [0.15, 0.2) is 47.5 Å². The number of hydrogen-bond acceptors (Lipinski definition) is 4. The number of para-hydroxylation sites is 1. The standard InChI is InChI=1S/C13H12N2O2S/c1-18-11-5-3-2-4-10(11)15-12-7-6-9(8-14-12)13(16)17/h2-8H,1H3,(H,14,15)(H,16,17). The number of aromatic carboxylic acids is 1. The van der Waals surface area contributed by atoms with Crippen molar-refractivity contribution in [3.8, 4) is 0 Å². The summed E-state index contributed by atoms with van der Waals surface area (Å²) in [6.45, 7) is 0. The molecule has 0 aliphatic heterocycles. The minimum atomic E-state index is -0.974. The van der Waals surface area contributed by atoms with E-state index in [4.69, 9.17) is 5.11 Å². The van der Waals surface area contributed by atoms with Gasteiger partial charge < -0.3 is 10.4 Å². The second-order valence-corrected chi connectivity index (χ2v) is 4.41. The summed E-state index contributed by atoms with van der Waals surface area (Å²) in [4.78, 5) is 15.9. The molecular formula is C13H12N2O2S. The van der Waals surface area contributed by atoms with Crippen molar-refractivity contribution in [3.63, 3.8) is 0 Å². The highest BCUT2D eigenvalue weighted by Crippen LogP contribution is 2.26. The van der Waals surface area contributed by atoms with Gasteiger partial charge in [-0.05, 0) is 30.5 Å². The first kappa shape index (κ1) is 12.4. The van der Waals surface area contributed by atoms with Gasteiger partial charge in [0.25, 0.3) is 0 Å². The Labute approximate surface area is 109 Å². The molecule has 2 N–H and O–H groups in total. The number of carboxylic acids is 1. The summed E-state index contributed by atoms with van der Waals surface area (Å²) in [5.74, 6) is -0.347. The van der Waals surface area contributed by atoms with Crippen LogP contribution in [0.5, 0.6) is 0 Å². The summed E-state index contributed by atoms with van der Waals surface area (Å²) in [5.41, 5.74) is 1.14. The van der Waals surface area contributed by atoms with Crippen molar-refractivity contribution in [2.24, 2.45) is 0 Å². The van der Waals surface area contributed by atoms with E-state index in [-0.39, 0.29) is 5.56 Å². The zero-order valence-electron chi connectivity index (χ0n) is 9.75. The monoisotopic (exact) mass is 260 g/mol. The molecule has 0 spiro atoms. The van der Waals surface area contributed by atoms with Crippen LogP contribution >= 0.6 is 11.8 Å². The Kier molecular flexibility index (Phi) is 3.84. The van der Waals surface area contributed by atoms with Crippen molar-refractivity contribution in [3.05, 3.63) is 48.2 Å². The van der Waals surface area contributed by atoms with Gasteiger partial charge in [0.2, 0.25) is 0 Å². The van der Waals surface area contributed by atoms with Gasteiger partial charge in [-0.2, -0.15) is 0 Å². The van der Waals surface area contributed by atoms with E-state index >= 15 is 0 Å². The molecule has 2 aromatic rings. The number of hydrogen-bond donors (Lipinski definition) is 2. The van der Waals surface area contributed by atoms with Crippen molar-refractivity contribution in [2.45, 2.75) is 4.90 Å². The van der Waals surface area contributed by atoms with E-state index < -0.39 is 5.97 Å². The summed E-state index contributed by atoms with van der Waals surface area (Å²) < 4.78 is 0. The normalized spacial score (nSPS) is 10.1. The van der Waals surface area contributed by atoms with Crippen LogP contribution in [0.25, 0.3) is 0 Å². The van der Waals surface area contributed by atoms with Crippen molar-refractivity contribution in [1.29, 1.82) is 0 Å². The molecule has 18 heavy (non-hydrogen) atoms. The summed E-state index contributed by atoms with van der Waals surface area (Å²) >= 11 is 1.64. The van der Waals surface area contributed by atoms with E-state index in [0.29, 0.717) is 5.82 Å². The molecule has 0 atom stereocenters. The van der Waals surface area contributed by atoms with Crippen molar-refractivity contribution < 1.29 is 9.90 Å². The number of anilines is 2. The Morgan fingerprint density at radius 1 is 1.28 bits per heavy atom. The molecule has 2 rings (SSSR count). The second-order valence-electron chi connectivity index (χ2n) is 3.56. The lowest BCUT2D eigenvalue weighted by atomic mass is 10.3. The molecule has 1 aromatic carbocycles. The number of benzene rings is 1. The number of pyridine rings is 1. The first-order chi connectivity index (χ1) is 8.70. The first-order valence-corrected chi connectivity index (χ1v) is 6.52. The third-order valence-corrected chi connectivity index (χ3v) is 3.18. The maximum absolute atomic E-state index is 10.7. The summed E-state index contributed by atoms with van der Waals surface area (Å²) in [5, 5.41) is 11.9. The molecule has 0 saturated heterocycles. The number of nitrogens with zero attached hydrogens (tertiary/aromatic N) is 1. The summed E-state index contributed by atoms with van der Waals surface area (Å²) in [6, 6.07) is 11.1. The topological polar surface area (TPSA) is 62.2 Å². The lowest BCUT2D eigenvalue weighted by Crippen LogP contribution is -1.99. The van der Waals surface area contributed by atoms with Gasteiger partial charge in [-0.1, -0.05) is 12.1 Å². The number of rotatable bonds is 4. The molecule has 4 nitrogen and oxygen atoms in total. The highest BCUT2D eigenvalue weighted by Gasteiger charge is 2.04. The molecular weight excluding hydrogens is 248 g/mol. The molecule has 1 aromatic heterocycles. The van der Waals surface area contributed by atoms with Gasteiger partial charge in [-0.3, -0.25) is 0 Å². The predicted molar refractivity (Wildman–Crippen MR) is 72.7 cm³/mol. The smallest absolute Gasteiger partial charge is 0.337 e. The summed E-state index contributed by atoms with van der Waals surface area (Å²) in [7, 11) is 0. The number of nitrogens with one attached hydrogen (secondary N) is 1. The minimum Gasteiger partial charge on any atom is -0.478 e. The molecule has 0 saturated carbocycles. The van der Waals surface area contributed by atoms with E-state index in [1.807, 2.05) is 30.5 Å². The van der Waals surface area contributed by atoms with Crippen LogP contribution in [0, 0.1) is 0 Å². The van der Waals surface area contributed by atoms with Crippen molar-refractivity contribution in [1.82, 2.24) is 4.98 Å². The molecule has 0 aliphatic carbocycles. The first-order valence-electron chi connectivity index (χ1n) is 5.30. The largest absolute Gasteiger partial charge is 0.478 e. The van der Waals surface area contributed by atoms with Gasteiger partial charge in [0.05, 0.1) is 11.3 Å². The number of carbonyl (C=O) groups is 1. The molecule has 0 bridgehead atoms. The van der Waals surface area contributed by atoms with Gasteiger partial charge in [0.15, 0.2) is 0 Å². The predicted octanol–water partition coefficient (Wildman–Crippen LogP) is 3.25. The van der Waals surface area contributed by atoms with Crippen molar-refractivity contribution >= 4 is 29.2 Å². The third-order valence-electron chi connectivity index (χ3n) is 2.38. The molecule has 0 fully saturated rings. The Bertz CT molecular complexity index is 555. The fraction of sp³-hybridized carbons (Fsp3) is 0.0769. The quantitative estimate of drug-likeness (QED) is 0.826. The maximum Gasteiger partial charge on any atom is 0.337 e. The zero-order chi connectivity index (χ0) is 13.0. The van der Waals surface area contributed by atoms with E-state index in [2.05, 4.69) is 10.3 Å². The average molecular weight is 260 g/mol. The Morgan fingerprint density at radius 2 is 2.06 bits per heavy atom. The highest BCUT2D eigenvalue weighted by molar-refractivity contribution is 7.98. The van der Waals surface area contributed by atoms with Crippen LogP contribution in [0.4, 0.5) is 11.5 Å². The second kappa shape index (κ2) is 5.55. The molecule has 0 radical (unpaired) electrons. The number of thioether (sulfide) groups is 1. The average Bonchev–Trinajstić information content (AvgIpc) is 2.40. The highest BCUT2D eigenvalue weighted by atomic mass is 32.2. The fourth-order valence-corrected chi connectivity index (χ4v) is 2.03. The molecule has 1 heterocycles. The van der Waals surface area contributed by atoms with Gasteiger partial charge in [-0.25, -0.2) is 9.78 Å². The summed E-state index contributed by atoms with van der Waals surface area (Å²) in [6.07, 6.45) is 3.34. The van der Waals surface area contributed by atoms with Crippen LogP contribution in [-0.2, 0) is 0 Å². The SMILES string of the molecule is CSc1ccccc1Nc1ccc(C(=O)O)cn1. The van der Waals surface area contributed by atoms with Gasteiger partial charge >= 0.3 is 5.97 Å². The van der Waals surface area contributed by atoms with Gasteiger partial charge in [-0.15, -0.1) is 11.8 Å². The number of carboxylic acid groups (broad SMARTS) is 1. The Morgan fingerprint density at radius 3 is 2.67 bits per heavy atom. The van der Waals surface area contributed by atoms with E-state index in [9.17, 15) is 4.79 Å².